The number of hydrogen-bond acceptors (Lipinski definition) is 4. The Hall–Kier alpha value is -0.840. The zero-order chi connectivity index (χ0) is 15.2. The number of halogens is 1. The van der Waals surface area contributed by atoms with Crippen LogP contribution in [0.3, 0.4) is 0 Å². The van der Waals surface area contributed by atoms with Crippen LogP contribution in [0.2, 0.25) is 5.02 Å². The molecule has 1 rings (SSSR count). The molecule has 0 saturated carbocycles. The van der Waals surface area contributed by atoms with Crippen LogP contribution in [0.15, 0.2) is 12.3 Å². The molecule has 0 bridgehead atoms. The fraction of sp³-hybridized carbons (Fsp3) is 0.667. The number of anilines is 1. The van der Waals surface area contributed by atoms with E-state index in [0.29, 0.717) is 11.6 Å². The van der Waals surface area contributed by atoms with Gasteiger partial charge in [-0.3, -0.25) is 0 Å². The van der Waals surface area contributed by atoms with Gasteiger partial charge in [-0.05, 0) is 39.3 Å². The van der Waals surface area contributed by atoms with Crippen LogP contribution in [0.25, 0.3) is 0 Å². The second-order valence-corrected chi connectivity index (χ2v) is 6.23. The van der Waals surface area contributed by atoms with Gasteiger partial charge in [0.05, 0.1) is 11.6 Å². The highest BCUT2D eigenvalue weighted by molar-refractivity contribution is 6.33. The number of methoxy groups -OCH3 is 1. The number of nitrogens with zero attached hydrogens (tertiary/aromatic N) is 2. The normalized spacial score (nSPS) is 11.7. The van der Waals surface area contributed by atoms with Gasteiger partial charge in [-0.15, -0.1) is 0 Å². The maximum atomic E-state index is 6.36. The van der Waals surface area contributed by atoms with Gasteiger partial charge >= 0.3 is 0 Å². The lowest BCUT2D eigenvalue weighted by Crippen LogP contribution is -2.35. The SMILES string of the molecule is CCN(CCOC)c1ncc(CNC(C)(C)C)cc1Cl. The van der Waals surface area contributed by atoms with Crippen LogP contribution >= 0.6 is 11.6 Å². The van der Waals surface area contributed by atoms with Crippen molar-refractivity contribution in [3.8, 4) is 0 Å². The van der Waals surface area contributed by atoms with E-state index in [4.69, 9.17) is 16.3 Å². The molecular weight excluding hydrogens is 274 g/mol. The van der Waals surface area contributed by atoms with Gasteiger partial charge in [-0.2, -0.15) is 0 Å². The third kappa shape index (κ3) is 5.65. The molecule has 0 fully saturated rings. The summed E-state index contributed by atoms with van der Waals surface area (Å²) in [6.07, 6.45) is 1.88. The maximum absolute atomic E-state index is 6.36. The first-order valence-corrected chi connectivity index (χ1v) is 7.38. The number of nitrogens with one attached hydrogen (secondary N) is 1. The fourth-order valence-corrected chi connectivity index (χ4v) is 2.09. The third-order valence-corrected chi connectivity index (χ3v) is 3.23. The molecule has 20 heavy (non-hydrogen) atoms. The van der Waals surface area contributed by atoms with Crippen molar-refractivity contribution < 1.29 is 4.74 Å². The van der Waals surface area contributed by atoms with Gasteiger partial charge in [-0.25, -0.2) is 4.98 Å². The summed E-state index contributed by atoms with van der Waals surface area (Å²) in [5, 5.41) is 4.12. The van der Waals surface area contributed by atoms with Crippen molar-refractivity contribution >= 4 is 17.4 Å². The number of hydrogen-bond donors (Lipinski definition) is 1. The number of pyridine rings is 1. The molecule has 5 heteroatoms. The molecule has 1 aromatic rings. The summed E-state index contributed by atoms with van der Waals surface area (Å²) >= 11 is 6.36. The summed E-state index contributed by atoms with van der Waals surface area (Å²) in [6.45, 7) is 11.6. The number of likely N-dealkylation sites (N-methyl/N-ethyl adjacent to an activating group) is 1. The topological polar surface area (TPSA) is 37.4 Å². The molecule has 0 unspecified atom stereocenters. The van der Waals surface area contributed by atoms with E-state index < -0.39 is 0 Å². The molecule has 0 aliphatic heterocycles. The molecule has 1 heterocycles. The molecule has 0 saturated heterocycles. The quantitative estimate of drug-likeness (QED) is 0.839. The molecule has 0 atom stereocenters. The Bertz CT molecular complexity index is 418. The Balaban J connectivity index is 2.76. The van der Waals surface area contributed by atoms with Crippen LogP contribution in [0.1, 0.15) is 33.3 Å². The Morgan fingerprint density at radius 3 is 2.60 bits per heavy atom. The number of rotatable bonds is 7. The van der Waals surface area contributed by atoms with E-state index in [0.717, 1.165) is 31.0 Å². The van der Waals surface area contributed by atoms with Gasteiger partial charge in [0.25, 0.3) is 0 Å². The van der Waals surface area contributed by atoms with Crippen molar-refractivity contribution in [2.24, 2.45) is 0 Å². The average Bonchev–Trinajstić information content (AvgIpc) is 2.38. The van der Waals surface area contributed by atoms with Crippen molar-refractivity contribution in [2.75, 3.05) is 31.7 Å². The second kappa shape index (κ2) is 7.81. The minimum atomic E-state index is 0.0824. The molecule has 0 radical (unpaired) electrons. The standard InChI is InChI=1S/C15H26ClN3O/c1-6-19(7-8-20-5)14-13(16)9-12(10-17-14)11-18-15(2,3)4/h9-10,18H,6-8,11H2,1-5H3. The molecular formula is C15H26ClN3O. The van der Waals surface area contributed by atoms with E-state index in [2.05, 4.69) is 42.9 Å². The lowest BCUT2D eigenvalue weighted by molar-refractivity contribution is 0.205. The van der Waals surface area contributed by atoms with Gasteiger partial charge in [0, 0.05) is 38.5 Å². The van der Waals surface area contributed by atoms with Crippen LogP contribution in [0.5, 0.6) is 0 Å². The molecule has 0 aliphatic rings. The predicted molar refractivity (Wildman–Crippen MR) is 85.6 cm³/mol. The van der Waals surface area contributed by atoms with E-state index in [1.54, 1.807) is 7.11 Å². The zero-order valence-corrected chi connectivity index (χ0v) is 13.9. The van der Waals surface area contributed by atoms with Crippen LogP contribution in [-0.4, -0.2) is 37.3 Å². The van der Waals surface area contributed by atoms with E-state index in [1.165, 1.54) is 0 Å². The molecule has 4 nitrogen and oxygen atoms in total. The summed E-state index contributed by atoms with van der Waals surface area (Å²) in [7, 11) is 1.70. The average molecular weight is 300 g/mol. The van der Waals surface area contributed by atoms with Gasteiger partial charge < -0.3 is 15.0 Å². The Labute approximate surface area is 127 Å². The van der Waals surface area contributed by atoms with Gasteiger partial charge in [0.15, 0.2) is 0 Å². The highest BCUT2D eigenvalue weighted by Gasteiger charge is 2.13. The van der Waals surface area contributed by atoms with Crippen LogP contribution in [0, 0.1) is 0 Å². The maximum Gasteiger partial charge on any atom is 0.147 e. The zero-order valence-electron chi connectivity index (χ0n) is 13.2. The molecule has 0 aromatic carbocycles. The lowest BCUT2D eigenvalue weighted by atomic mass is 10.1. The summed E-state index contributed by atoms with van der Waals surface area (Å²) in [5.74, 6) is 0.825. The Morgan fingerprint density at radius 2 is 2.10 bits per heavy atom. The Kier molecular flexibility index (Phi) is 6.72. The van der Waals surface area contributed by atoms with Crippen molar-refractivity contribution in [3.63, 3.8) is 0 Å². The molecule has 1 aromatic heterocycles. The highest BCUT2D eigenvalue weighted by atomic mass is 35.5. The minimum absolute atomic E-state index is 0.0824. The molecule has 0 spiro atoms. The highest BCUT2D eigenvalue weighted by Crippen LogP contribution is 2.24. The predicted octanol–water partition coefficient (Wildman–Crippen LogP) is 3.10. The van der Waals surface area contributed by atoms with Crippen molar-refractivity contribution in [3.05, 3.63) is 22.8 Å². The van der Waals surface area contributed by atoms with E-state index in [-0.39, 0.29) is 5.54 Å². The van der Waals surface area contributed by atoms with Crippen LogP contribution in [0.4, 0.5) is 5.82 Å². The second-order valence-electron chi connectivity index (χ2n) is 5.83. The van der Waals surface area contributed by atoms with E-state index >= 15 is 0 Å². The monoisotopic (exact) mass is 299 g/mol. The fourth-order valence-electron chi connectivity index (χ4n) is 1.78. The van der Waals surface area contributed by atoms with Gasteiger partial charge in [0.2, 0.25) is 0 Å². The largest absolute Gasteiger partial charge is 0.383 e. The number of aromatic nitrogens is 1. The van der Waals surface area contributed by atoms with Crippen molar-refractivity contribution in [1.29, 1.82) is 0 Å². The van der Waals surface area contributed by atoms with Gasteiger partial charge in [-0.1, -0.05) is 11.6 Å². The first-order valence-electron chi connectivity index (χ1n) is 7.00. The third-order valence-electron chi connectivity index (χ3n) is 2.95. The summed E-state index contributed by atoms with van der Waals surface area (Å²) in [4.78, 5) is 6.62. The lowest BCUT2D eigenvalue weighted by Gasteiger charge is -2.24. The summed E-state index contributed by atoms with van der Waals surface area (Å²) in [6, 6.07) is 1.98. The molecule has 0 aliphatic carbocycles. The molecule has 114 valence electrons. The van der Waals surface area contributed by atoms with E-state index in [1.807, 2.05) is 12.3 Å². The smallest absolute Gasteiger partial charge is 0.147 e. The van der Waals surface area contributed by atoms with Crippen molar-refractivity contribution in [2.45, 2.75) is 39.8 Å². The van der Waals surface area contributed by atoms with Crippen LogP contribution < -0.4 is 10.2 Å². The number of ether oxygens (including phenoxy) is 1. The molecule has 1 N–H and O–H groups in total. The first-order chi connectivity index (χ1) is 9.37. The summed E-state index contributed by atoms with van der Waals surface area (Å²) in [5.41, 5.74) is 1.18. The first kappa shape index (κ1) is 17.2. The van der Waals surface area contributed by atoms with Crippen LogP contribution in [-0.2, 0) is 11.3 Å². The summed E-state index contributed by atoms with van der Waals surface area (Å²) < 4.78 is 5.11. The van der Waals surface area contributed by atoms with Gasteiger partial charge in [0.1, 0.15) is 5.82 Å². The van der Waals surface area contributed by atoms with Crippen molar-refractivity contribution in [1.82, 2.24) is 10.3 Å². The molecule has 0 amide bonds. The minimum Gasteiger partial charge on any atom is -0.383 e. The van der Waals surface area contributed by atoms with E-state index in [9.17, 15) is 0 Å². The Morgan fingerprint density at radius 1 is 1.40 bits per heavy atom.